The van der Waals surface area contributed by atoms with Crippen LogP contribution >= 0.6 is 12.4 Å². The molecule has 13 heteroatoms. The van der Waals surface area contributed by atoms with Gasteiger partial charge in [0, 0.05) is 11.1 Å². The highest BCUT2D eigenvalue weighted by Gasteiger charge is 2.44. The zero-order chi connectivity index (χ0) is 40.0. The second-order valence-corrected chi connectivity index (χ2v) is 12.7. The van der Waals surface area contributed by atoms with E-state index in [2.05, 4.69) is 4.85 Å². The topological polar surface area (TPSA) is 30.4 Å². The Balaban J connectivity index is 0.000000244. The molecule has 6 aromatic rings. The number of hydrogen-bond acceptors (Lipinski definition) is 1. The number of nitrogens with two attached hydrogens (primary N) is 1. The fraction of sp³-hybridized carbons (Fsp3) is 0.140. The van der Waals surface area contributed by atoms with Crippen LogP contribution < -0.4 is 5.73 Å². The molecule has 0 spiro atoms. The van der Waals surface area contributed by atoms with Crippen LogP contribution in [0.1, 0.15) is 44.5 Å². The van der Waals surface area contributed by atoms with Crippen molar-refractivity contribution in [3.05, 3.63) is 225 Å². The highest BCUT2D eigenvalue weighted by Crippen LogP contribution is 2.41. The highest BCUT2D eigenvalue weighted by molar-refractivity contribution is 5.85. The number of benzene rings is 6. The molecule has 2 nitrogen and oxygen atoms in total. The summed E-state index contributed by atoms with van der Waals surface area (Å²) in [6, 6.07) is 32.0. The van der Waals surface area contributed by atoms with E-state index in [0.717, 1.165) is 42.0 Å². The van der Waals surface area contributed by atoms with E-state index in [4.69, 9.17) is 12.3 Å². The maximum Gasteiger partial charge on any atom is 0.416 e. The minimum Gasteiger partial charge on any atom is -0.317 e. The summed E-state index contributed by atoms with van der Waals surface area (Å²) >= 11 is 0. The zero-order valence-corrected chi connectivity index (χ0v) is 29.8. The zero-order valence-electron chi connectivity index (χ0n) is 29.0. The third-order valence-corrected chi connectivity index (χ3v) is 8.94. The van der Waals surface area contributed by atoms with E-state index in [9.17, 15) is 43.9 Å². The number of halogens is 11. The first-order valence-electron chi connectivity index (χ1n) is 16.5. The van der Waals surface area contributed by atoms with Crippen molar-refractivity contribution in [2.75, 3.05) is 0 Å². The number of nitrogens with zero attached hydrogens (tertiary/aromatic N) is 1. The normalized spacial score (nSPS) is 13.5. The SMILES string of the molecule is Cl.NC(Cc1ccccc1)(c1ccc(F)cc1)c1cc(F)cc(C(F)(F)F)c1.[C-]#[N+]C(Cc1ccccc1)(c1ccc(F)cc1)c1cc(F)cc(C(F)(F)F)c1. The maximum atomic E-state index is 14.1. The standard InChI is InChI=1S/C22H14F5N.C21H16F5N.ClH/c1-28-21(14-15-5-3-2-4-6-15,16-7-9-19(23)10-8-16)17-11-18(22(25,26)27)13-20(24)12-17;22-18-8-6-15(7-9-18)20(27,13-14-4-2-1-3-5-14)16-10-17(21(24,25)26)12-19(23)11-16;/h2-13H,14H2;1-12H,13,27H2;1H. The molecule has 2 unspecified atom stereocenters. The summed E-state index contributed by atoms with van der Waals surface area (Å²) in [5.41, 5.74) is 3.06. The Labute approximate surface area is 322 Å². The molecule has 2 atom stereocenters. The number of rotatable bonds is 8. The maximum absolute atomic E-state index is 14.1. The van der Waals surface area contributed by atoms with Crippen LogP contribution in [0.3, 0.4) is 0 Å². The van der Waals surface area contributed by atoms with E-state index in [0.29, 0.717) is 23.3 Å². The summed E-state index contributed by atoms with van der Waals surface area (Å²) < 4.78 is 134. The molecular weight excluding hydrogens is 770 g/mol. The van der Waals surface area contributed by atoms with Crippen molar-refractivity contribution in [2.45, 2.75) is 36.3 Å². The molecule has 6 rings (SSSR count). The third kappa shape index (κ3) is 10.2. The fourth-order valence-electron chi connectivity index (χ4n) is 6.20. The van der Waals surface area contributed by atoms with Crippen molar-refractivity contribution in [1.29, 1.82) is 0 Å². The summed E-state index contributed by atoms with van der Waals surface area (Å²) in [5, 5.41) is 0. The quantitative estimate of drug-likeness (QED) is 0.121. The second kappa shape index (κ2) is 17.4. The molecule has 6 aromatic carbocycles. The summed E-state index contributed by atoms with van der Waals surface area (Å²) in [6.07, 6.45) is -9.36. The van der Waals surface area contributed by atoms with Gasteiger partial charge in [-0.1, -0.05) is 72.8 Å². The van der Waals surface area contributed by atoms with Crippen molar-refractivity contribution < 1.29 is 43.9 Å². The minimum atomic E-state index is -4.76. The Bertz CT molecular complexity index is 2260. The fourth-order valence-corrected chi connectivity index (χ4v) is 6.20. The molecule has 0 aliphatic carbocycles. The molecule has 0 saturated carbocycles. The molecule has 2 N–H and O–H groups in total. The monoisotopic (exact) mass is 800 g/mol. The first-order chi connectivity index (χ1) is 25.9. The number of hydrogen-bond donors (Lipinski definition) is 1. The van der Waals surface area contributed by atoms with E-state index in [1.165, 1.54) is 36.4 Å². The van der Waals surface area contributed by atoms with Crippen LogP contribution in [0.4, 0.5) is 43.9 Å². The van der Waals surface area contributed by atoms with E-state index in [-0.39, 0.29) is 41.9 Å². The van der Waals surface area contributed by atoms with Crippen LogP contribution in [0.15, 0.2) is 146 Å². The summed E-state index contributed by atoms with van der Waals surface area (Å²) in [5.74, 6) is -3.17. The lowest BCUT2D eigenvalue weighted by Crippen LogP contribution is -2.40. The average Bonchev–Trinajstić information content (AvgIpc) is 3.14. The molecule has 0 fully saturated rings. The largest absolute Gasteiger partial charge is 0.416 e. The molecule has 0 aromatic heterocycles. The Kier molecular flexibility index (Phi) is 13.4. The lowest BCUT2D eigenvalue weighted by atomic mass is 9.78. The molecule has 56 heavy (non-hydrogen) atoms. The smallest absolute Gasteiger partial charge is 0.317 e. The first-order valence-corrected chi connectivity index (χ1v) is 16.5. The first kappa shape index (κ1) is 43.1. The van der Waals surface area contributed by atoms with Crippen LogP contribution in [0, 0.1) is 29.8 Å². The molecule has 0 aliphatic rings. The molecule has 0 bridgehead atoms. The lowest BCUT2D eigenvalue weighted by molar-refractivity contribution is -0.138. The van der Waals surface area contributed by atoms with Gasteiger partial charge in [-0.15, -0.1) is 12.4 Å². The summed E-state index contributed by atoms with van der Waals surface area (Å²) in [6.45, 7) is 7.81. The Morgan fingerprint density at radius 1 is 0.429 bits per heavy atom. The Morgan fingerprint density at radius 3 is 1.23 bits per heavy atom. The van der Waals surface area contributed by atoms with Gasteiger partial charge in [0.15, 0.2) is 0 Å². The van der Waals surface area contributed by atoms with Gasteiger partial charge >= 0.3 is 12.4 Å². The third-order valence-electron chi connectivity index (χ3n) is 8.94. The van der Waals surface area contributed by atoms with E-state index >= 15 is 0 Å². The van der Waals surface area contributed by atoms with Gasteiger partial charge in [-0.3, -0.25) is 4.85 Å². The molecular formula is C43H31ClF10N2. The van der Waals surface area contributed by atoms with Gasteiger partial charge in [0.1, 0.15) is 23.3 Å². The molecule has 0 amide bonds. The van der Waals surface area contributed by atoms with E-state index in [1.807, 2.05) is 0 Å². The van der Waals surface area contributed by atoms with Crippen molar-refractivity contribution in [1.82, 2.24) is 0 Å². The van der Waals surface area contributed by atoms with Crippen LogP contribution in [0.5, 0.6) is 0 Å². The molecule has 0 heterocycles. The van der Waals surface area contributed by atoms with Gasteiger partial charge in [0.05, 0.1) is 23.1 Å². The van der Waals surface area contributed by atoms with Crippen LogP contribution in [0.25, 0.3) is 4.85 Å². The summed E-state index contributed by atoms with van der Waals surface area (Å²) in [4.78, 5) is 3.64. The van der Waals surface area contributed by atoms with Gasteiger partial charge in [-0.25, -0.2) is 24.1 Å². The van der Waals surface area contributed by atoms with Gasteiger partial charge in [0.2, 0.25) is 0 Å². The van der Waals surface area contributed by atoms with Crippen molar-refractivity contribution in [2.24, 2.45) is 5.73 Å². The molecule has 290 valence electrons. The summed E-state index contributed by atoms with van der Waals surface area (Å²) in [7, 11) is 0. The van der Waals surface area contributed by atoms with E-state index < -0.39 is 57.8 Å². The van der Waals surface area contributed by atoms with Gasteiger partial charge in [-0.05, 0) is 101 Å². The van der Waals surface area contributed by atoms with Crippen LogP contribution in [0.2, 0.25) is 0 Å². The lowest BCUT2D eigenvalue weighted by Gasteiger charge is -2.32. The number of alkyl halides is 6. The average molecular weight is 801 g/mol. The molecule has 0 saturated heterocycles. The molecule has 0 radical (unpaired) electrons. The van der Waals surface area contributed by atoms with Crippen LogP contribution in [-0.2, 0) is 36.3 Å². The highest BCUT2D eigenvalue weighted by atomic mass is 35.5. The molecule has 0 aliphatic heterocycles. The van der Waals surface area contributed by atoms with E-state index in [1.54, 1.807) is 60.7 Å². The van der Waals surface area contributed by atoms with Crippen molar-refractivity contribution >= 4 is 12.4 Å². The van der Waals surface area contributed by atoms with Gasteiger partial charge < -0.3 is 5.73 Å². The minimum absolute atomic E-state index is 0. The Hall–Kier alpha value is -5.64. The van der Waals surface area contributed by atoms with Gasteiger partial charge in [-0.2, -0.15) is 26.3 Å². The Morgan fingerprint density at radius 2 is 0.804 bits per heavy atom. The predicted molar refractivity (Wildman–Crippen MR) is 195 cm³/mol. The second-order valence-electron chi connectivity index (χ2n) is 12.7. The van der Waals surface area contributed by atoms with Gasteiger partial charge in [0.25, 0.3) is 5.54 Å². The van der Waals surface area contributed by atoms with Crippen molar-refractivity contribution in [3.63, 3.8) is 0 Å². The van der Waals surface area contributed by atoms with Crippen LogP contribution in [-0.4, -0.2) is 0 Å². The predicted octanol–water partition coefficient (Wildman–Crippen LogP) is 12.2. The van der Waals surface area contributed by atoms with Crippen molar-refractivity contribution in [3.8, 4) is 0 Å².